The molecule has 1 saturated carbocycles. The van der Waals surface area contributed by atoms with Gasteiger partial charge in [-0.15, -0.1) is 0 Å². The summed E-state index contributed by atoms with van der Waals surface area (Å²) in [4.78, 5) is 26.4. The lowest BCUT2D eigenvalue weighted by Crippen LogP contribution is -2.34. The molecule has 7 heteroatoms. The van der Waals surface area contributed by atoms with Gasteiger partial charge in [-0.2, -0.15) is 0 Å². The average molecular weight is 553 g/mol. The molecule has 1 aliphatic carbocycles. The second kappa shape index (κ2) is 12.0. The fourth-order valence-electron chi connectivity index (χ4n) is 5.46. The molecule has 212 valence electrons. The van der Waals surface area contributed by atoms with Crippen LogP contribution in [0, 0.1) is 6.92 Å². The van der Waals surface area contributed by atoms with Crippen molar-refractivity contribution in [3.63, 3.8) is 0 Å². The molecule has 0 radical (unpaired) electrons. The van der Waals surface area contributed by atoms with Gasteiger partial charge in [-0.05, 0) is 48.9 Å². The van der Waals surface area contributed by atoms with E-state index in [4.69, 9.17) is 14.0 Å². The van der Waals surface area contributed by atoms with Crippen LogP contribution in [0.3, 0.4) is 0 Å². The quantitative estimate of drug-likeness (QED) is 0.196. The van der Waals surface area contributed by atoms with Gasteiger partial charge in [0.25, 0.3) is 0 Å². The molecule has 0 aliphatic heterocycles. The number of aromatic nitrogens is 1. The van der Waals surface area contributed by atoms with Crippen LogP contribution in [-0.4, -0.2) is 43.4 Å². The summed E-state index contributed by atoms with van der Waals surface area (Å²) >= 11 is 0. The van der Waals surface area contributed by atoms with Crippen molar-refractivity contribution in [2.45, 2.75) is 51.6 Å². The molecule has 0 spiro atoms. The molecule has 1 fully saturated rings. The maximum absolute atomic E-state index is 12.5. The van der Waals surface area contributed by atoms with Crippen LogP contribution in [0.5, 0.6) is 0 Å². The Bertz CT molecular complexity index is 1490. The summed E-state index contributed by atoms with van der Waals surface area (Å²) in [6.45, 7) is 6.08. The van der Waals surface area contributed by atoms with Crippen molar-refractivity contribution in [3.8, 4) is 22.5 Å². The Balaban J connectivity index is 1.32. The minimum Gasteiger partial charge on any atom is -0.465 e. The van der Waals surface area contributed by atoms with Crippen molar-refractivity contribution >= 4 is 17.6 Å². The first-order chi connectivity index (χ1) is 19.8. The van der Waals surface area contributed by atoms with Crippen molar-refractivity contribution in [1.29, 1.82) is 0 Å². The molecule has 1 aromatic heterocycles. The predicted octanol–water partition coefficient (Wildman–Crippen LogP) is 6.52. The van der Waals surface area contributed by atoms with Gasteiger partial charge in [-0.3, -0.25) is 9.59 Å². The maximum Gasteiger partial charge on any atom is 0.316 e. The lowest BCUT2D eigenvalue weighted by Gasteiger charge is -2.25. The number of benzene rings is 3. The summed E-state index contributed by atoms with van der Waals surface area (Å²) in [5.41, 5.74) is 6.30. The predicted molar refractivity (Wildman–Crippen MR) is 159 cm³/mol. The number of likely N-dealkylation sites (N-methyl/N-ethyl adjacent to an activating group) is 1. The van der Waals surface area contributed by atoms with Crippen molar-refractivity contribution in [1.82, 2.24) is 5.16 Å². The van der Waals surface area contributed by atoms with Gasteiger partial charge in [0.1, 0.15) is 17.5 Å². The molecule has 0 N–H and O–H groups in total. The molecule has 1 heterocycles. The number of carbonyl (C=O) groups excluding carboxylic acids is 2. The first-order valence-corrected chi connectivity index (χ1v) is 14.1. The Kier molecular flexibility index (Phi) is 8.24. The van der Waals surface area contributed by atoms with Gasteiger partial charge in [-0.1, -0.05) is 84.0 Å². The number of hydrogen-bond donors (Lipinski definition) is 0. The summed E-state index contributed by atoms with van der Waals surface area (Å²) < 4.78 is 16.8. The molecule has 3 aromatic carbocycles. The zero-order valence-corrected chi connectivity index (χ0v) is 24.1. The number of nitrogens with zero attached hydrogens (tertiary/aromatic N) is 2. The summed E-state index contributed by atoms with van der Waals surface area (Å²) in [5, 5.41) is 4.25. The maximum atomic E-state index is 12.5. The second-order valence-electron chi connectivity index (χ2n) is 10.7. The Labute approximate surface area is 241 Å². The summed E-state index contributed by atoms with van der Waals surface area (Å²) in [5.74, 6) is 0.233. The fourth-order valence-corrected chi connectivity index (χ4v) is 5.46. The van der Waals surface area contributed by atoms with E-state index in [2.05, 4.69) is 29.4 Å². The second-order valence-corrected chi connectivity index (χ2v) is 10.7. The Morgan fingerprint density at radius 2 is 1.56 bits per heavy atom. The number of carbonyl (C=O) groups is 2. The Morgan fingerprint density at radius 3 is 2.15 bits per heavy atom. The monoisotopic (exact) mass is 552 g/mol. The Morgan fingerprint density at radius 1 is 0.951 bits per heavy atom. The molecule has 1 atom stereocenters. The lowest BCUT2D eigenvalue weighted by atomic mass is 9.93. The van der Waals surface area contributed by atoms with E-state index in [1.807, 2.05) is 80.4 Å². The molecular weight excluding hydrogens is 516 g/mol. The van der Waals surface area contributed by atoms with Crippen LogP contribution in [0.2, 0.25) is 0 Å². The normalized spacial score (nSPS) is 14.2. The first kappa shape index (κ1) is 28.1. The highest BCUT2D eigenvalue weighted by Crippen LogP contribution is 2.49. The van der Waals surface area contributed by atoms with Crippen LogP contribution in [0.25, 0.3) is 22.5 Å². The minimum absolute atomic E-state index is 0.125. The highest BCUT2D eigenvalue weighted by molar-refractivity contribution is 5.87. The van der Waals surface area contributed by atoms with Gasteiger partial charge < -0.3 is 18.9 Å². The number of ether oxygens (including phenoxy) is 2. The zero-order valence-electron chi connectivity index (χ0n) is 24.1. The third-order valence-electron chi connectivity index (χ3n) is 7.66. The fraction of sp³-hybridized carbons (Fsp3) is 0.324. The van der Waals surface area contributed by atoms with Gasteiger partial charge >= 0.3 is 11.9 Å². The van der Waals surface area contributed by atoms with Crippen molar-refractivity contribution in [2.75, 3.05) is 25.1 Å². The van der Waals surface area contributed by atoms with Crippen LogP contribution in [-0.2, 0) is 30.9 Å². The van der Waals surface area contributed by atoms with Crippen molar-refractivity contribution < 1.29 is 23.6 Å². The van der Waals surface area contributed by atoms with E-state index >= 15 is 0 Å². The summed E-state index contributed by atoms with van der Waals surface area (Å²) in [6, 6.07) is 26.4. The van der Waals surface area contributed by atoms with Crippen LogP contribution in [0.4, 0.5) is 5.69 Å². The average Bonchev–Trinajstić information content (AvgIpc) is 3.69. The Hall–Kier alpha value is -4.39. The van der Waals surface area contributed by atoms with Gasteiger partial charge in [0.2, 0.25) is 0 Å². The minimum atomic E-state index is -0.472. The standard InChI is InChI=1S/C34H36N2O5/c1-5-39-33(38)34(19-20-34)29-17-15-27(16-18-29)26-11-13-28(14-12-26)32-31(23(2)35-41-32)36(4)22-30(40-24(3)37)21-25-9-7-6-8-10-25/h6-18,30H,5,19-22H2,1-4H3. The highest BCUT2D eigenvalue weighted by atomic mass is 16.5. The molecule has 4 aromatic rings. The summed E-state index contributed by atoms with van der Waals surface area (Å²) in [7, 11) is 1.96. The smallest absolute Gasteiger partial charge is 0.316 e. The van der Waals surface area contributed by atoms with Gasteiger partial charge in [0.05, 0.1) is 18.6 Å². The molecule has 0 bridgehead atoms. The molecule has 0 amide bonds. The number of anilines is 1. The third-order valence-corrected chi connectivity index (χ3v) is 7.66. The molecule has 5 rings (SSSR count). The topological polar surface area (TPSA) is 81.9 Å². The number of esters is 2. The van der Waals surface area contributed by atoms with Crippen LogP contribution in [0.15, 0.2) is 83.4 Å². The van der Waals surface area contributed by atoms with E-state index in [1.165, 1.54) is 6.92 Å². The number of rotatable bonds is 11. The SMILES string of the molecule is CCOC(=O)C1(c2ccc(-c3ccc(-c4onc(C)c4N(C)CC(Cc4ccccc4)OC(C)=O)cc3)cc2)CC1. The van der Waals surface area contributed by atoms with E-state index in [0.29, 0.717) is 25.3 Å². The van der Waals surface area contributed by atoms with Gasteiger partial charge in [0, 0.05) is 26.0 Å². The molecule has 7 nitrogen and oxygen atoms in total. The highest BCUT2D eigenvalue weighted by Gasteiger charge is 2.52. The van der Waals surface area contributed by atoms with Crippen molar-refractivity contribution in [2.24, 2.45) is 0 Å². The van der Waals surface area contributed by atoms with E-state index in [9.17, 15) is 9.59 Å². The van der Waals surface area contributed by atoms with E-state index < -0.39 is 5.41 Å². The molecule has 0 saturated heterocycles. The van der Waals surface area contributed by atoms with Gasteiger partial charge in [0.15, 0.2) is 5.76 Å². The van der Waals surface area contributed by atoms with Crippen molar-refractivity contribution in [3.05, 3.63) is 95.7 Å². The van der Waals surface area contributed by atoms with Crippen LogP contribution >= 0.6 is 0 Å². The van der Waals surface area contributed by atoms with E-state index in [-0.39, 0.29) is 18.0 Å². The summed E-state index contributed by atoms with van der Waals surface area (Å²) in [6.07, 6.45) is 1.95. The zero-order chi connectivity index (χ0) is 29.0. The molecule has 1 unspecified atom stereocenters. The van der Waals surface area contributed by atoms with E-state index in [1.54, 1.807) is 0 Å². The molecule has 41 heavy (non-hydrogen) atoms. The van der Waals surface area contributed by atoms with Gasteiger partial charge in [-0.25, -0.2) is 0 Å². The van der Waals surface area contributed by atoms with Crippen LogP contribution < -0.4 is 4.90 Å². The van der Waals surface area contributed by atoms with E-state index in [0.717, 1.165) is 52.0 Å². The molecular formula is C34H36N2O5. The molecule has 1 aliphatic rings. The largest absolute Gasteiger partial charge is 0.465 e. The van der Waals surface area contributed by atoms with Crippen LogP contribution in [0.1, 0.15) is 43.5 Å². The number of hydrogen-bond acceptors (Lipinski definition) is 7. The third kappa shape index (κ3) is 6.19. The number of aryl methyl sites for hydroxylation is 1. The first-order valence-electron chi connectivity index (χ1n) is 14.1. The lowest BCUT2D eigenvalue weighted by molar-refractivity contribution is -0.147.